The van der Waals surface area contributed by atoms with Crippen LogP contribution < -0.4 is 5.56 Å². The highest BCUT2D eigenvalue weighted by atomic mass is 16.3. The number of benzene rings is 1. The molecule has 0 radical (unpaired) electrons. The lowest BCUT2D eigenvalue weighted by Gasteiger charge is -2.20. The average molecular weight is 258 g/mol. The van der Waals surface area contributed by atoms with Crippen LogP contribution in [0.5, 0.6) is 0 Å². The molecule has 2 N–H and O–H groups in total. The van der Waals surface area contributed by atoms with Gasteiger partial charge in [-0.3, -0.25) is 9.69 Å². The number of aromatic amines is 1. The fourth-order valence-electron chi connectivity index (χ4n) is 2.49. The molecule has 1 aliphatic carbocycles. The Morgan fingerprint density at radius 1 is 1.32 bits per heavy atom. The van der Waals surface area contributed by atoms with Crippen LogP contribution in [-0.4, -0.2) is 34.2 Å². The summed E-state index contributed by atoms with van der Waals surface area (Å²) in [6.07, 6.45) is 2.34. The van der Waals surface area contributed by atoms with Crippen LogP contribution in [0, 0.1) is 0 Å². The van der Waals surface area contributed by atoms with Crippen LogP contribution in [0.15, 0.2) is 35.1 Å². The predicted octanol–water partition coefficient (Wildman–Crippen LogP) is 1.48. The molecule has 1 aromatic carbocycles. The molecule has 2 aromatic rings. The van der Waals surface area contributed by atoms with Gasteiger partial charge in [-0.1, -0.05) is 18.2 Å². The van der Waals surface area contributed by atoms with Crippen molar-refractivity contribution in [1.82, 2.24) is 9.88 Å². The van der Waals surface area contributed by atoms with Crippen molar-refractivity contribution in [3.8, 4) is 0 Å². The van der Waals surface area contributed by atoms with Crippen molar-refractivity contribution in [2.75, 3.05) is 13.2 Å². The first-order chi connectivity index (χ1) is 9.28. The molecule has 0 amide bonds. The predicted molar refractivity (Wildman–Crippen MR) is 75.1 cm³/mol. The van der Waals surface area contributed by atoms with Crippen molar-refractivity contribution in [3.05, 3.63) is 46.2 Å². The summed E-state index contributed by atoms with van der Waals surface area (Å²) in [6.45, 7) is 1.39. The highest BCUT2D eigenvalue weighted by Crippen LogP contribution is 2.27. The van der Waals surface area contributed by atoms with Gasteiger partial charge in [0.2, 0.25) is 0 Å². The second-order valence-electron chi connectivity index (χ2n) is 5.14. The van der Waals surface area contributed by atoms with E-state index in [2.05, 4.69) is 9.88 Å². The molecule has 0 saturated heterocycles. The summed E-state index contributed by atoms with van der Waals surface area (Å²) in [7, 11) is 0. The second kappa shape index (κ2) is 5.15. The fourth-order valence-corrected chi connectivity index (χ4v) is 2.49. The molecule has 1 aliphatic rings. The Bertz CT molecular complexity index is 631. The van der Waals surface area contributed by atoms with Crippen LogP contribution >= 0.6 is 0 Å². The molecule has 1 aromatic heterocycles. The summed E-state index contributed by atoms with van der Waals surface area (Å²) in [5, 5.41) is 10.2. The number of fused-ring (bicyclic) bond motifs is 1. The zero-order valence-electron chi connectivity index (χ0n) is 10.8. The lowest BCUT2D eigenvalue weighted by atomic mass is 10.1. The summed E-state index contributed by atoms with van der Waals surface area (Å²) in [5.41, 5.74) is 1.62. The van der Waals surface area contributed by atoms with Gasteiger partial charge < -0.3 is 10.1 Å². The molecular weight excluding hydrogens is 240 g/mol. The van der Waals surface area contributed by atoms with E-state index in [-0.39, 0.29) is 12.2 Å². The zero-order chi connectivity index (χ0) is 13.2. The molecule has 4 nitrogen and oxygen atoms in total. The van der Waals surface area contributed by atoms with Crippen LogP contribution in [0.3, 0.4) is 0 Å². The third-order valence-corrected chi connectivity index (χ3v) is 3.65. The highest BCUT2D eigenvalue weighted by molar-refractivity contribution is 5.78. The normalized spacial score (nSPS) is 15.3. The molecule has 3 rings (SSSR count). The summed E-state index contributed by atoms with van der Waals surface area (Å²) in [5.74, 6) is 0. The van der Waals surface area contributed by atoms with Gasteiger partial charge >= 0.3 is 0 Å². The van der Waals surface area contributed by atoms with Crippen LogP contribution in [0.1, 0.15) is 18.4 Å². The van der Waals surface area contributed by atoms with E-state index in [1.54, 1.807) is 0 Å². The summed E-state index contributed by atoms with van der Waals surface area (Å²) >= 11 is 0. The van der Waals surface area contributed by atoms with Gasteiger partial charge in [-0.2, -0.15) is 0 Å². The van der Waals surface area contributed by atoms with Gasteiger partial charge in [-0.05, 0) is 30.4 Å². The van der Waals surface area contributed by atoms with E-state index < -0.39 is 0 Å². The molecule has 4 heteroatoms. The van der Waals surface area contributed by atoms with Crippen LogP contribution in [0.25, 0.3) is 10.9 Å². The van der Waals surface area contributed by atoms with E-state index >= 15 is 0 Å². The number of aliphatic hydroxyl groups is 1. The van der Waals surface area contributed by atoms with Crippen molar-refractivity contribution < 1.29 is 5.11 Å². The van der Waals surface area contributed by atoms with Crippen LogP contribution in [-0.2, 0) is 6.54 Å². The van der Waals surface area contributed by atoms with Gasteiger partial charge in [0.1, 0.15) is 0 Å². The Morgan fingerprint density at radius 2 is 2.11 bits per heavy atom. The van der Waals surface area contributed by atoms with Crippen molar-refractivity contribution in [2.24, 2.45) is 0 Å². The van der Waals surface area contributed by atoms with Crippen LogP contribution in [0.2, 0.25) is 0 Å². The van der Waals surface area contributed by atoms with E-state index in [1.165, 1.54) is 12.8 Å². The van der Waals surface area contributed by atoms with Crippen molar-refractivity contribution in [2.45, 2.75) is 25.4 Å². The van der Waals surface area contributed by atoms with Gasteiger partial charge in [0.15, 0.2) is 0 Å². The van der Waals surface area contributed by atoms with Gasteiger partial charge in [0.25, 0.3) is 5.56 Å². The second-order valence-corrected chi connectivity index (χ2v) is 5.14. The Hall–Kier alpha value is -1.65. The molecule has 0 bridgehead atoms. The van der Waals surface area contributed by atoms with Crippen molar-refractivity contribution in [3.63, 3.8) is 0 Å². The molecule has 0 atom stereocenters. The topological polar surface area (TPSA) is 56.3 Å². The maximum Gasteiger partial charge on any atom is 0.252 e. The Morgan fingerprint density at radius 3 is 2.84 bits per heavy atom. The molecular formula is C15H18N2O2. The average Bonchev–Trinajstić information content (AvgIpc) is 3.23. The first-order valence-corrected chi connectivity index (χ1v) is 6.74. The molecule has 19 heavy (non-hydrogen) atoms. The summed E-state index contributed by atoms with van der Waals surface area (Å²) in [6, 6.07) is 10.3. The highest BCUT2D eigenvalue weighted by Gasteiger charge is 2.28. The van der Waals surface area contributed by atoms with E-state index in [9.17, 15) is 4.79 Å². The number of nitrogens with zero attached hydrogens (tertiary/aromatic N) is 1. The molecule has 100 valence electrons. The fraction of sp³-hybridized carbons (Fsp3) is 0.400. The molecule has 1 heterocycles. The number of nitrogens with one attached hydrogen (secondary N) is 1. The van der Waals surface area contributed by atoms with Crippen LogP contribution in [0.4, 0.5) is 0 Å². The van der Waals surface area contributed by atoms with Gasteiger partial charge in [-0.15, -0.1) is 0 Å². The zero-order valence-corrected chi connectivity index (χ0v) is 10.8. The minimum absolute atomic E-state index is 0.0257. The Labute approximate surface area is 111 Å². The van der Waals surface area contributed by atoms with Gasteiger partial charge in [0, 0.05) is 30.2 Å². The third-order valence-electron chi connectivity index (χ3n) is 3.65. The van der Waals surface area contributed by atoms with Gasteiger partial charge in [0.05, 0.1) is 6.61 Å². The minimum Gasteiger partial charge on any atom is -0.395 e. The van der Waals surface area contributed by atoms with E-state index in [4.69, 9.17) is 5.11 Å². The minimum atomic E-state index is -0.0257. The Kier molecular flexibility index (Phi) is 3.36. The standard InChI is InChI=1S/C15H18N2O2/c18-8-7-17(13-5-6-13)10-12-9-11-3-1-2-4-14(11)16-15(12)19/h1-4,9,13,18H,5-8,10H2,(H,16,19). The molecule has 0 spiro atoms. The number of para-hydroxylation sites is 1. The largest absolute Gasteiger partial charge is 0.395 e. The van der Waals surface area contributed by atoms with E-state index in [1.807, 2.05) is 30.3 Å². The smallest absolute Gasteiger partial charge is 0.252 e. The maximum atomic E-state index is 12.1. The van der Waals surface area contributed by atoms with Crippen molar-refractivity contribution in [1.29, 1.82) is 0 Å². The van der Waals surface area contributed by atoms with Gasteiger partial charge in [-0.25, -0.2) is 0 Å². The third kappa shape index (κ3) is 2.69. The number of hydrogen-bond donors (Lipinski definition) is 2. The molecule has 0 unspecified atom stereocenters. The number of pyridine rings is 1. The number of rotatable bonds is 5. The first kappa shape index (κ1) is 12.4. The lowest BCUT2D eigenvalue weighted by Crippen LogP contribution is -2.31. The number of hydrogen-bond acceptors (Lipinski definition) is 3. The lowest BCUT2D eigenvalue weighted by molar-refractivity contribution is 0.183. The molecule has 1 fully saturated rings. The molecule has 1 saturated carbocycles. The maximum absolute atomic E-state index is 12.1. The SMILES string of the molecule is O=c1[nH]c2ccccc2cc1CN(CCO)C1CC1. The summed E-state index contributed by atoms with van der Waals surface area (Å²) in [4.78, 5) is 17.2. The first-order valence-electron chi connectivity index (χ1n) is 6.74. The van der Waals surface area contributed by atoms with E-state index in [0.29, 0.717) is 19.1 Å². The molecule has 0 aliphatic heterocycles. The summed E-state index contributed by atoms with van der Waals surface area (Å²) < 4.78 is 0. The van der Waals surface area contributed by atoms with E-state index in [0.717, 1.165) is 16.5 Å². The monoisotopic (exact) mass is 258 g/mol. The number of H-pyrrole nitrogens is 1. The van der Waals surface area contributed by atoms with Crippen molar-refractivity contribution >= 4 is 10.9 Å². The number of aliphatic hydroxyl groups excluding tert-OH is 1. The quantitative estimate of drug-likeness (QED) is 0.854. The Balaban J connectivity index is 1.90. The number of aromatic nitrogens is 1.